The standard InChI is InChI=1S/C24H16Cl2N2/c25-21-9-5-17(6-10-21)15-28-16-20(23-3-1-2-4-24(23)28)13-19(14-27)18-7-11-22(26)12-8-18/h1-13,16H,15H2/b19-13-. The Bertz CT molecular complexity index is 1190. The first-order valence-electron chi connectivity index (χ1n) is 8.84. The number of aromatic nitrogens is 1. The zero-order chi connectivity index (χ0) is 19.5. The summed E-state index contributed by atoms with van der Waals surface area (Å²) in [6.07, 6.45) is 4.02. The van der Waals surface area contributed by atoms with Gasteiger partial charge in [-0.2, -0.15) is 5.26 Å². The third-order valence-corrected chi connectivity index (χ3v) is 5.17. The molecule has 0 N–H and O–H groups in total. The number of para-hydroxylation sites is 1. The molecular weight excluding hydrogens is 387 g/mol. The summed E-state index contributed by atoms with van der Waals surface area (Å²) in [5.41, 5.74) is 4.75. The summed E-state index contributed by atoms with van der Waals surface area (Å²) in [6.45, 7) is 0.731. The lowest BCUT2D eigenvalue weighted by atomic mass is 10.0. The molecule has 4 rings (SSSR count). The molecule has 3 aromatic carbocycles. The van der Waals surface area contributed by atoms with Crippen LogP contribution in [0, 0.1) is 11.3 Å². The summed E-state index contributed by atoms with van der Waals surface area (Å²) < 4.78 is 2.20. The monoisotopic (exact) mass is 402 g/mol. The highest BCUT2D eigenvalue weighted by Gasteiger charge is 2.09. The lowest BCUT2D eigenvalue weighted by Gasteiger charge is -2.05. The molecule has 2 nitrogen and oxygen atoms in total. The molecule has 1 aromatic heterocycles. The fourth-order valence-electron chi connectivity index (χ4n) is 3.27. The third-order valence-electron chi connectivity index (χ3n) is 4.66. The highest BCUT2D eigenvalue weighted by Crippen LogP contribution is 2.27. The number of fused-ring (bicyclic) bond motifs is 1. The Kier molecular flexibility index (Phi) is 5.21. The largest absolute Gasteiger partial charge is 0.342 e. The Balaban J connectivity index is 1.78. The molecule has 4 heteroatoms. The number of nitrogens with zero attached hydrogens (tertiary/aromatic N) is 2. The molecule has 0 amide bonds. The van der Waals surface area contributed by atoms with Crippen molar-refractivity contribution in [1.82, 2.24) is 4.57 Å². The van der Waals surface area contributed by atoms with Gasteiger partial charge in [0.1, 0.15) is 0 Å². The van der Waals surface area contributed by atoms with E-state index in [1.54, 1.807) is 12.1 Å². The van der Waals surface area contributed by atoms with Crippen molar-refractivity contribution < 1.29 is 0 Å². The van der Waals surface area contributed by atoms with Gasteiger partial charge >= 0.3 is 0 Å². The predicted molar refractivity (Wildman–Crippen MR) is 117 cm³/mol. The van der Waals surface area contributed by atoms with Gasteiger partial charge in [0.2, 0.25) is 0 Å². The van der Waals surface area contributed by atoms with Crippen LogP contribution in [0.4, 0.5) is 0 Å². The van der Waals surface area contributed by atoms with Gasteiger partial charge in [-0.3, -0.25) is 0 Å². The van der Waals surface area contributed by atoms with Crippen LogP contribution in [-0.2, 0) is 6.54 Å². The Hall–Kier alpha value is -2.99. The number of hydrogen-bond donors (Lipinski definition) is 0. The summed E-state index contributed by atoms with van der Waals surface area (Å²) >= 11 is 12.0. The maximum Gasteiger partial charge on any atom is 0.0998 e. The first kappa shape index (κ1) is 18.4. The smallest absolute Gasteiger partial charge is 0.0998 e. The van der Waals surface area contributed by atoms with Crippen LogP contribution in [0.2, 0.25) is 10.0 Å². The van der Waals surface area contributed by atoms with Gasteiger partial charge in [-0.1, -0.05) is 65.7 Å². The summed E-state index contributed by atoms with van der Waals surface area (Å²) in [6, 6.07) is 25.7. The first-order chi connectivity index (χ1) is 13.6. The number of nitriles is 1. The second-order valence-corrected chi connectivity index (χ2v) is 7.41. The van der Waals surface area contributed by atoms with Gasteiger partial charge in [0.05, 0.1) is 11.6 Å². The van der Waals surface area contributed by atoms with Crippen LogP contribution in [0.15, 0.2) is 79.0 Å². The minimum absolute atomic E-state index is 0.603. The second kappa shape index (κ2) is 7.94. The van der Waals surface area contributed by atoms with E-state index in [-0.39, 0.29) is 0 Å². The lowest BCUT2D eigenvalue weighted by Crippen LogP contribution is -1.97. The van der Waals surface area contributed by atoms with E-state index < -0.39 is 0 Å². The van der Waals surface area contributed by atoms with Crippen LogP contribution >= 0.6 is 23.2 Å². The summed E-state index contributed by atoms with van der Waals surface area (Å²) in [4.78, 5) is 0. The number of rotatable bonds is 4. The maximum atomic E-state index is 9.68. The SMILES string of the molecule is N#C/C(=C/c1cn(Cc2ccc(Cl)cc2)c2ccccc12)c1ccc(Cl)cc1. The summed E-state index contributed by atoms with van der Waals surface area (Å²) in [5, 5.41) is 12.2. The van der Waals surface area contributed by atoms with Gasteiger partial charge in [-0.25, -0.2) is 0 Å². The van der Waals surface area contributed by atoms with Crippen LogP contribution in [0.1, 0.15) is 16.7 Å². The van der Waals surface area contributed by atoms with Crippen molar-refractivity contribution in [2.75, 3.05) is 0 Å². The highest BCUT2D eigenvalue weighted by atomic mass is 35.5. The van der Waals surface area contributed by atoms with Crippen LogP contribution in [-0.4, -0.2) is 4.57 Å². The van der Waals surface area contributed by atoms with E-state index >= 15 is 0 Å². The average Bonchev–Trinajstić information content (AvgIpc) is 3.06. The Morgan fingerprint density at radius 3 is 2.21 bits per heavy atom. The lowest BCUT2D eigenvalue weighted by molar-refractivity contribution is 0.836. The van der Waals surface area contributed by atoms with Crippen LogP contribution in [0.25, 0.3) is 22.6 Å². The van der Waals surface area contributed by atoms with Crippen molar-refractivity contribution in [3.8, 4) is 6.07 Å². The second-order valence-electron chi connectivity index (χ2n) is 6.53. The third kappa shape index (κ3) is 3.82. The Morgan fingerprint density at radius 2 is 1.54 bits per heavy atom. The quantitative estimate of drug-likeness (QED) is 0.335. The summed E-state index contributed by atoms with van der Waals surface area (Å²) in [7, 11) is 0. The fourth-order valence-corrected chi connectivity index (χ4v) is 3.52. The van der Waals surface area contributed by atoms with E-state index in [1.807, 2.05) is 54.6 Å². The minimum atomic E-state index is 0.603. The molecule has 0 atom stereocenters. The Labute approximate surface area is 173 Å². The molecule has 0 fully saturated rings. The molecule has 0 saturated heterocycles. The number of hydrogen-bond acceptors (Lipinski definition) is 1. The van der Waals surface area contributed by atoms with E-state index in [1.165, 1.54) is 5.56 Å². The topological polar surface area (TPSA) is 28.7 Å². The van der Waals surface area contributed by atoms with Crippen molar-refractivity contribution in [1.29, 1.82) is 5.26 Å². The van der Waals surface area contributed by atoms with Crippen molar-refractivity contribution >= 4 is 45.8 Å². The zero-order valence-corrected chi connectivity index (χ0v) is 16.5. The van der Waals surface area contributed by atoms with Crippen LogP contribution in [0.3, 0.4) is 0 Å². The van der Waals surface area contributed by atoms with Crippen LogP contribution < -0.4 is 0 Å². The number of halogens is 2. The maximum absolute atomic E-state index is 9.68. The molecular formula is C24H16Cl2N2. The van der Waals surface area contributed by atoms with Crippen molar-refractivity contribution in [2.45, 2.75) is 6.54 Å². The molecule has 136 valence electrons. The fraction of sp³-hybridized carbons (Fsp3) is 0.0417. The van der Waals surface area contributed by atoms with Crippen molar-refractivity contribution in [3.05, 3.63) is 106 Å². The molecule has 0 aliphatic heterocycles. The average molecular weight is 403 g/mol. The van der Waals surface area contributed by atoms with E-state index in [9.17, 15) is 5.26 Å². The molecule has 0 radical (unpaired) electrons. The molecule has 28 heavy (non-hydrogen) atoms. The molecule has 0 bridgehead atoms. The van der Waals surface area contributed by atoms with Crippen molar-refractivity contribution in [3.63, 3.8) is 0 Å². The highest BCUT2D eigenvalue weighted by molar-refractivity contribution is 6.30. The van der Waals surface area contributed by atoms with E-state index in [0.717, 1.165) is 33.6 Å². The van der Waals surface area contributed by atoms with E-state index in [2.05, 4.69) is 29.0 Å². The number of benzene rings is 3. The van der Waals surface area contributed by atoms with Gasteiger partial charge in [0, 0.05) is 39.3 Å². The van der Waals surface area contributed by atoms with Gasteiger partial charge in [0.25, 0.3) is 0 Å². The van der Waals surface area contributed by atoms with E-state index in [4.69, 9.17) is 23.2 Å². The van der Waals surface area contributed by atoms with Gasteiger partial charge in [0.15, 0.2) is 0 Å². The zero-order valence-electron chi connectivity index (χ0n) is 14.9. The molecule has 0 spiro atoms. The van der Waals surface area contributed by atoms with Crippen LogP contribution in [0.5, 0.6) is 0 Å². The van der Waals surface area contributed by atoms with Gasteiger partial charge in [-0.15, -0.1) is 0 Å². The molecule has 0 aliphatic carbocycles. The first-order valence-corrected chi connectivity index (χ1v) is 9.60. The molecule has 0 saturated carbocycles. The molecule has 1 heterocycles. The molecule has 0 aliphatic rings. The number of allylic oxidation sites excluding steroid dienone is 1. The van der Waals surface area contributed by atoms with E-state index in [0.29, 0.717) is 10.6 Å². The Morgan fingerprint density at radius 1 is 0.893 bits per heavy atom. The molecule has 4 aromatic rings. The predicted octanol–water partition coefficient (Wildman–Crippen LogP) is 7.06. The van der Waals surface area contributed by atoms with Gasteiger partial charge < -0.3 is 4.57 Å². The van der Waals surface area contributed by atoms with Gasteiger partial charge in [-0.05, 0) is 47.5 Å². The minimum Gasteiger partial charge on any atom is -0.342 e. The normalized spacial score (nSPS) is 11.5. The molecule has 0 unspecified atom stereocenters. The van der Waals surface area contributed by atoms with Crippen molar-refractivity contribution in [2.24, 2.45) is 0 Å². The summed E-state index contributed by atoms with van der Waals surface area (Å²) in [5.74, 6) is 0.